The normalized spacial score (nSPS) is 17.9. The van der Waals surface area contributed by atoms with Crippen molar-refractivity contribution in [2.75, 3.05) is 13.1 Å². The van der Waals surface area contributed by atoms with E-state index in [1.165, 1.54) is 51.4 Å². The summed E-state index contributed by atoms with van der Waals surface area (Å²) in [4.78, 5) is 0. The van der Waals surface area contributed by atoms with Crippen LogP contribution in [0.4, 0.5) is 0 Å². The maximum atomic E-state index is 8.58. The van der Waals surface area contributed by atoms with E-state index < -0.39 is 0 Å². The van der Waals surface area contributed by atoms with E-state index in [0.717, 1.165) is 19.5 Å². The lowest BCUT2D eigenvalue weighted by Crippen LogP contribution is -2.29. The first kappa shape index (κ1) is 15.3. The third kappa shape index (κ3) is 6.24. The lowest BCUT2D eigenvalue weighted by Gasteiger charge is -2.14. The standard InChI is InChI=1S/C14H29N3O/c1-2-3-4-5-6-7-10-16-12-14(8-9-14)11-13(15)17-18/h16,18H,2-12H2,1H3,(H2,15,17). The van der Waals surface area contributed by atoms with E-state index in [-0.39, 0.29) is 0 Å². The van der Waals surface area contributed by atoms with E-state index in [1.54, 1.807) is 0 Å². The van der Waals surface area contributed by atoms with Crippen molar-refractivity contribution in [1.82, 2.24) is 5.32 Å². The fourth-order valence-electron chi connectivity index (χ4n) is 2.40. The Morgan fingerprint density at radius 1 is 1.22 bits per heavy atom. The Morgan fingerprint density at radius 2 is 1.89 bits per heavy atom. The molecule has 1 rings (SSSR count). The zero-order valence-corrected chi connectivity index (χ0v) is 11.7. The number of amidine groups is 1. The fraction of sp³-hybridized carbons (Fsp3) is 0.929. The minimum Gasteiger partial charge on any atom is -0.409 e. The highest BCUT2D eigenvalue weighted by Crippen LogP contribution is 2.48. The van der Waals surface area contributed by atoms with Crippen LogP contribution >= 0.6 is 0 Å². The Hall–Kier alpha value is -0.770. The van der Waals surface area contributed by atoms with Crippen molar-refractivity contribution < 1.29 is 5.21 Å². The van der Waals surface area contributed by atoms with Crippen molar-refractivity contribution in [2.24, 2.45) is 16.3 Å². The molecular weight excluding hydrogens is 226 g/mol. The lowest BCUT2D eigenvalue weighted by molar-refractivity contribution is 0.314. The van der Waals surface area contributed by atoms with Crippen LogP contribution in [0, 0.1) is 5.41 Å². The van der Waals surface area contributed by atoms with Gasteiger partial charge in [0.15, 0.2) is 0 Å². The number of hydrogen-bond donors (Lipinski definition) is 3. The number of rotatable bonds is 11. The minimum absolute atomic E-state index is 0.290. The molecule has 0 aromatic heterocycles. The molecule has 0 saturated heterocycles. The third-order valence-corrected chi connectivity index (χ3v) is 3.85. The van der Waals surface area contributed by atoms with E-state index >= 15 is 0 Å². The van der Waals surface area contributed by atoms with Crippen LogP contribution in [-0.2, 0) is 0 Å². The number of nitrogens with two attached hydrogens (primary N) is 1. The van der Waals surface area contributed by atoms with Gasteiger partial charge >= 0.3 is 0 Å². The number of hydrogen-bond acceptors (Lipinski definition) is 3. The van der Waals surface area contributed by atoms with Gasteiger partial charge in [0.1, 0.15) is 5.84 Å². The first-order valence-electron chi connectivity index (χ1n) is 7.39. The quantitative estimate of drug-likeness (QED) is 0.175. The first-order chi connectivity index (χ1) is 8.72. The van der Waals surface area contributed by atoms with Gasteiger partial charge in [-0.05, 0) is 31.2 Å². The maximum Gasteiger partial charge on any atom is 0.139 e. The Morgan fingerprint density at radius 3 is 2.50 bits per heavy atom. The molecule has 0 radical (unpaired) electrons. The van der Waals surface area contributed by atoms with Gasteiger partial charge in [0.2, 0.25) is 0 Å². The summed E-state index contributed by atoms with van der Waals surface area (Å²) in [5, 5.41) is 15.2. The van der Waals surface area contributed by atoms with Gasteiger partial charge in [0.25, 0.3) is 0 Å². The van der Waals surface area contributed by atoms with Crippen molar-refractivity contribution in [3.8, 4) is 0 Å². The van der Waals surface area contributed by atoms with Crippen LogP contribution in [-0.4, -0.2) is 24.1 Å². The zero-order valence-electron chi connectivity index (χ0n) is 11.7. The topological polar surface area (TPSA) is 70.6 Å². The second-order valence-corrected chi connectivity index (χ2v) is 5.71. The Bertz CT molecular complexity index is 249. The molecule has 0 spiro atoms. The van der Waals surface area contributed by atoms with Gasteiger partial charge in [-0.3, -0.25) is 0 Å². The highest BCUT2D eigenvalue weighted by atomic mass is 16.4. The van der Waals surface area contributed by atoms with Crippen LogP contribution < -0.4 is 11.1 Å². The van der Waals surface area contributed by atoms with Crippen molar-refractivity contribution >= 4 is 5.84 Å². The van der Waals surface area contributed by atoms with E-state index in [4.69, 9.17) is 10.9 Å². The molecule has 0 aliphatic heterocycles. The van der Waals surface area contributed by atoms with E-state index in [0.29, 0.717) is 11.3 Å². The third-order valence-electron chi connectivity index (χ3n) is 3.85. The monoisotopic (exact) mass is 255 g/mol. The van der Waals surface area contributed by atoms with Gasteiger partial charge in [0, 0.05) is 13.0 Å². The molecule has 1 aliphatic rings. The number of unbranched alkanes of at least 4 members (excludes halogenated alkanes) is 5. The maximum absolute atomic E-state index is 8.58. The highest BCUT2D eigenvalue weighted by Gasteiger charge is 2.42. The average molecular weight is 255 g/mol. The van der Waals surface area contributed by atoms with Crippen molar-refractivity contribution in [1.29, 1.82) is 0 Å². The van der Waals surface area contributed by atoms with Crippen molar-refractivity contribution in [3.63, 3.8) is 0 Å². The SMILES string of the molecule is CCCCCCCCNCC1(CC(N)=NO)CC1. The average Bonchev–Trinajstić information content (AvgIpc) is 3.12. The molecule has 4 N–H and O–H groups in total. The fourth-order valence-corrected chi connectivity index (χ4v) is 2.40. The highest BCUT2D eigenvalue weighted by molar-refractivity contribution is 5.80. The Kier molecular flexibility index (Phi) is 7.09. The summed E-state index contributed by atoms with van der Waals surface area (Å²) in [7, 11) is 0. The van der Waals surface area contributed by atoms with Gasteiger partial charge in [-0.15, -0.1) is 0 Å². The molecular formula is C14H29N3O. The zero-order chi connectivity index (χ0) is 13.3. The van der Waals surface area contributed by atoms with Crippen LogP contribution in [0.3, 0.4) is 0 Å². The predicted octanol–water partition coefficient (Wildman–Crippen LogP) is 2.85. The molecule has 1 saturated carbocycles. The first-order valence-corrected chi connectivity index (χ1v) is 7.39. The summed E-state index contributed by atoms with van der Waals surface area (Å²) >= 11 is 0. The van der Waals surface area contributed by atoms with Gasteiger partial charge in [-0.2, -0.15) is 0 Å². The smallest absolute Gasteiger partial charge is 0.139 e. The van der Waals surface area contributed by atoms with E-state index in [9.17, 15) is 0 Å². The van der Waals surface area contributed by atoms with Crippen LogP contribution in [0.2, 0.25) is 0 Å². The predicted molar refractivity (Wildman–Crippen MR) is 75.9 cm³/mol. The van der Waals surface area contributed by atoms with Crippen LogP contribution in [0.25, 0.3) is 0 Å². The summed E-state index contributed by atoms with van der Waals surface area (Å²) in [6.07, 6.45) is 11.2. The molecule has 0 bridgehead atoms. The second-order valence-electron chi connectivity index (χ2n) is 5.71. The minimum atomic E-state index is 0.290. The molecule has 0 atom stereocenters. The summed E-state index contributed by atoms with van der Waals surface area (Å²) in [6, 6.07) is 0. The molecule has 1 fully saturated rings. The second kappa shape index (κ2) is 8.35. The Balaban J connectivity index is 1.95. The van der Waals surface area contributed by atoms with Gasteiger partial charge in [-0.1, -0.05) is 44.2 Å². The van der Waals surface area contributed by atoms with Crippen molar-refractivity contribution in [2.45, 2.75) is 64.7 Å². The summed E-state index contributed by atoms with van der Waals surface area (Å²) in [5.41, 5.74) is 5.86. The molecule has 1 aliphatic carbocycles. The number of oxime groups is 1. The molecule has 0 aromatic rings. The molecule has 4 nitrogen and oxygen atoms in total. The lowest BCUT2D eigenvalue weighted by atomic mass is 10.0. The van der Waals surface area contributed by atoms with E-state index in [2.05, 4.69) is 17.4 Å². The molecule has 18 heavy (non-hydrogen) atoms. The van der Waals surface area contributed by atoms with Crippen LogP contribution in [0.15, 0.2) is 5.16 Å². The molecule has 0 heterocycles. The molecule has 106 valence electrons. The summed E-state index contributed by atoms with van der Waals surface area (Å²) in [6.45, 7) is 4.36. The van der Waals surface area contributed by atoms with Gasteiger partial charge in [-0.25, -0.2) is 0 Å². The summed E-state index contributed by atoms with van der Waals surface area (Å²) in [5.74, 6) is 0.369. The molecule has 0 unspecified atom stereocenters. The molecule has 4 heteroatoms. The van der Waals surface area contributed by atoms with Gasteiger partial charge in [0.05, 0.1) is 0 Å². The van der Waals surface area contributed by atoms with Gasteiger partial charge < -0.3 is 16.3 Å². The van der Waals surface area contributed by atoms with Crippen molar-refractivity contribution in [3.05, 3.63) is 0 Å². The number of nitrogens with zero attached hydrogens (tertiary/aromatic N) is 1. The largest absolute Gasteiger partial charge is 0.409 e. The molecule has 0 amide bonds. The number of nitrogens with one attached hydrogen (secondary N) is 1. The van der Waals surface area contributed by atoms with Crippen LogP contribution in [0.1, 0.15) is 64.7 Å². The molecule has 0 aromatic carbocycles. The van der Waals surface area contributed by atoms with Crippen LogP contribution in [0.5, 0.6) is 0 Å². The Labute approximate surface area is 111 Å². The van der Waals surface area contributed by atoms with E-state index in [1.807, 2.05) is 0 Å². The summed E-state index contributed by atoms with van der Waals surface area (Å²) < 4.78 is 0.